The molecule has 0 saturated carbocycles. The Bertz CT molecular complexity index is 569. The summed E-state index contributed by atoms with van der Waals surface area (Å²) in [5.41, 5.74) is 5.10. The summed E-state index contributed by atoms with van der Waals surface area (Å²) in [6, 6.07) is 12.5. The van der Waals surface area contributed by atoms with E-state index in [-0.39, 0.29) is 11.9 Å². The molecular formula is C16H19FN2O. The molecule has 0 aromatic heterocycles. The van der Waals surface area contributed by atoms with E-state index in [1.54, 1.807) is 13.0 Å². The van der Waals surface area contributed by atoms with Crippen molar-refractivity contribution in [1.82, 2.24) is 5.43 Å². The van der Waals surface area contributed by atoms with E-state index >= 15 is 0 Å². The first-order chi connectivity index (χ1) is 9.65. The number of nitrogens with one attached hydrogen (secondary N) is 1. The second kappa shape index (κ2) is 6.50. The largest absolute Gasteiger partial charge is 0.494 e. The summed E-state index contributed by atoms with van der Waals surface area (Å²) in [5, 5.41) is 0. The summed E-state index contributed by atoms with van der Waals surface area (Å²) < 4.78 is 19.1. The molecule has 1 atom stereocenters. The Morgan fingerprint density at radius 2 is 1.80 bits per heavy atom. The maximum atomic E-state index is 13.7. The molecule has 0 heterocycles. The summed E-state index contributed by atoms with van der Waals surface area (Å²) >= 11 is 0. The standard InChI is InChI=1S/C16H19FN2O/c1-3-20-14-8-6-12(7-9-14)16(19-18)13-5-4-11(2)15(17)10-13/h4-10,16,19H,3,18H2,1-2H3. The van der Waals surface area contributed by atoms with E-state index in [0.717, 1.165) is 16.9 Å². The number of halogens is 1. The van der Waals surface area contributed by atoms with Crippen molar-refractivity contribution in [3.05, 3.63) is 65.0 Å². The molecule has 2 rings (SSSR count). The fourth-order valence-electron chi connectivity index (χ4n) is 2.10. The van der Waals surface area contributed by atoms with Crippen molar-refractivity contribution < 1.29 is 9.13 Å². The van der Waals surface area contributed by atoms with Gasteiger partial charge in [0.05, 0.1) is 12.6 Å². The minimum atomic E-state index is -0.249. The fourth-order valence-corrected chi connectivity index (χ4v) is 2.10. The zero-order valence-corrected chi connectivity index (χ0v) is 11.7. The van der Waals surface area contributed by atoms with Gasteiger partial charge in [-0.1, -0.05) is 24.3 Å². The third-order valence-corrected chi connectivity index (χ3v) is 3.22. The van der Waals surface area contributed by atoms with Crippen molar-refractivity contribution in [3.63, 3.8) is 0 Å². The molecule has 2 aromatic carbocycles. The molecule has 0 radical (unpaired) electrons. The number of hydrogen-bond acceptors (Lipinski definition) is 3. The van der Waals surface area contributed by atoms with Gasteiger partial charge >= 0.3 is 0 Å². The lowest BCUT2D eigenvalue weighted by Crippen LogP contribution is -2.28. The summed E-state index contributed by atoms with van der Waals surface area (Å²) in [4.78, 5) is 0. The van der Waals surface area contributed by atoms with Crippen molar-refractivity contribution >= 4 is 0 Å². The molecule has 0 amide bonds. The van der Waals surface area contributed by atoms with Gasteiger partial charge in [0.15, 0.2) is 0 Å². The Morgan fingerprint density at radius 1 is 1.15 bits per heavy atom. The van der Waals surface area contributed by atoms with Gasteiger partial charge in [-0.05, 0) is 48.7 Å². The van der Waals surface area contributed by atoms with Crippen LogP contribution in [0.25, 0.3) is 0 Å². The number of aryl methyl sites for hydroxylation is 1. The molecule has 0 fully saturated rings. The Balaban J connectivity index is 2.29. The van der Waals surface area contributed by atoms with E-state index in [0.29, 0.717) is 12.2 Å². The molecule has 0 saturated heterocycles. The molecule has 2 aromatic rings. The predicted molar refractivity (Wildman–Crippen MR) is 77.9 cm³/mol. The molecule has 0 aliphatic rings. The number of ether oxygens (including phenoxy) is 1. The van der Waals surface area contributed by atoms with Crippen LogP contribution in [0.1, 0.15) is 29.7 Å². The van der Waals surface area contributed by atoms with Crippen molar-refractivity contribution in [1.29, 1.82) is 0 Å². The maximum Gasteiger partial charge on any atom is 0.126 e. The van der Waals surface area contributed by atoms with Crippen molar-refractivity contribution in [2.75, 3.05) is 6.61 Å². The minimum Gasteiger partial charge on any atom is -0.494 e. The van der Waals surface area contributed by atoms with Crippen molar-refractivity contribution in [2.45, 2.75) is 19.9 Å². The highest BCUT2D eigenvalue weighted by Gasteiger charge is 2.13. The van der Waals surface area contributed by atoms with E-state index in [2.05, 4.69) is 5.43 Å². The quantitative estimate of drug-likeness (QED) is 0.650. The van der Waals surface area contributed by atoms with E-state index < -0.39 is 0 Å². The maximum absolute atomic E-state index is 13.7. The first-order valence-electron chi connectivity index (χ1n) is 6.60. The topological polar surface area (TPSA) is 47.3 Å². The van der Waals surface area contributed by atoms with Crippen molar-refractivity contribution in [3.8, 4) is 5.75 Å². The molecule has 0 aliphatic carbocycles. The highest BCUT2D eigenvalue weighted by molar-refractivity contribution is 5.36. The van der Waals surface area contributed by atoms with E-state index in [9.17, 15) is 4.39 Å². The van der Waals surface area contributed by atoms with Gasteiger partial charge in [-0.2, -0.15) is 0 Å². The van der Waals surface area contributed by atoms with Gasteiger partial charge in [0, 0.05) is 0 Å². The lowest BCUT2D eigenvalue weighted by Gasteiger charge is -2.18. The molecule has 3 N–H and O–H groups in total. The number of hydrazine groups is 1. The predicted octanol–water partition coefficient (Wildman–Crippen LogP) is 3.09. The average Bonchev–Trinajstić information content (AvgIpc) is 2.46. The molecule has 20 heavy (non-hydrogen) atoms. The number of benzene rings is 2. The normalized spacial score (nSPS) is 12.2. The van der Waals surface area contributed by atoms with Gasteiger partial charge in [0.25, 0.3) is 0 Å². The lowest BCUT2D eigenvalue weighted by atomic mass is 9.98. The highest BCUT2D eigenvalue weighted by atomic mass is 19.1. The summed E-state index contributed by atoms with van der Waals surface area (Å²) in [5.74, 6) is 6.20. The SMILES string of the molecule is CCOc1ccc(C(NN)c2ccc(C)c(F)c2)cc1. The van der Waals surface area contributed by atoms with Gasteiger partial charge in [-0.15, -0.1) is 0 Å². The van der Waals surface area contributed by atoms with E-state index in [1.807, 2.05) is 37.3 Å². The van der Waals surface area contributed by atoms with Crippen LogP contribution in [0.2, 0.25) is 0 Å². The van der Waals surface area contributed by atoms with Crippen molar-refractivity contribution in [2.24, 2.45) is 5.84 Å². The molecule has 4 heteroatoms. The zero-order chi connectivity index (χ0) is 14.5. The first-order valence-corrected chi connectivity index (χ1v) is 6.60. The lowest BCUT2D eigenvalue weighted by molar-refractivity contribution is 0.340. The molecule has 0 spiro atoms. The number of nitrogens with two attached hydrogens (primary N) is 1. The first kappa shape index (κ1) is 14.5. The van der Waals surface area contributed by atoms with Gasteiger partial charge in [0.1, 0.15) is 11.6 Å². The molecule has 106 valence electrons. The highest BCUT2D eigenvalue weighted by Crippen LogP contribution is 2.24. The Morgan fingerprint density at radius 3 is 2.35 bits per heavy atom. The van der Waals surface area contributed by atoms with Crippen LogP contribution in [-0.4, -0.2) is 6.61 Å². The number of rotatable bonds is 5. The zero-order valence-electron chi connectivity index (χ0n) is 11.7. The summed E-state index contributed by atoms with van der Waals surface area (Å²) in [6.07, 6.45) is 0. The molecule has 0 aliphatic heterocycles. The van der Waals surface area contributed by atoms with Gasteiger partial charge in [-0.3, -0.25) is 5.84 Å². The van der Waals surface area contributed by atoms with Gasteiger partial charge in [-0.25, -0.2) is 9.82 Å². The smallest absolute Gasteiger partial charge is 0.126 e. The third kappa shape index (κ3) is 3.15. The number of hydrogen-bond donors (Lipinski definition) is 2. The van der Waals surface area contributed by atoms with Crippen LogP contribution in [0, 0.1) is 12.7 Å². The van der Waals surface area contributed by atoms with Crippen LogP contribution in [0.4, 0.5) is 4.39 Å². The van der Waals surface area contributed by atoms with Crippen LogP contribution in [0.5, 0.6) is 5.75 Å². The monoisotopic (exact) mass is 274 g/mol. The summed E-state index contributed by atoms with van der Waals surface area (Å²) in [7, 11) is 0. The molecule has 0 bridgehead atoms. The van der Waals surface area contributed by atoms with E-state index in [1.165, 1.54) is 6.07 Å². The Kier molecular flexibility index (Phi) is 4.71. The van der Waals surface area contributed by atoms with Crippen LogP contribution < -0.4 is 16.0 Å². The van der Waals surface area contributed by atoms with Gasteiger partial charge in [0.2, 0.25) is 0 Å². The molecule has 3 nitrogen and oxygen atoms in total. The second-order valence-corrected chi connectivity index (χ2v) is 4.61. The molecular weight excluding hydrogens is 255 g/mol. The third-order valence-electron chi connectivity index (χ3n) is 3.22. The van der Waals surface area contributed by atoms with Crippen LogP contribution in [0.3, 0.4) is 0 Å². The second-order valence-electron chi connectivity index (χ2n) is 4.61. The minimum absolute atomic E-state index is 0.228. The summed E-state index contributed by atoms with van der Waals surface area (Å²) in [6.45, 7) is 4.30. The van der Waals surface area contributed by atoms with E-state index in [4.69, 9.17) is 10.6 Å². The molecule has 1 unspecified atom stereocenters. The van der Waals surface area contributed by atoms with Gasteiger partial charge < -0.3 is 4.74 Å². The fraction of sp³-hybridized carbons (Fsp3) is 0.250. The Labute approximate surface area is 118 Å². The van der Waals surface area contributed by atoms with Crippen LogP contribution in [-0.2, 0) is 0 Å². The van der Waals surface area contributed by atoms with Crippen LogP contribution in [0.15, 0.2) is 42.5 Å². The average molecular weight is 274 g/mol. The Hall–Kier alpha value is -1.91. The van der Waals surface area contributed by atoms with Crippen LogP contribution >= 0.6 is 0 Å².